The number of thiol groups is 7. The van der Waals surface area contributed by atoms with E-state index in [1.165, 1.54) is 0 Å². The highest BCUT2D eigenvalue weighted by Gasteiger charge is 2.38. The smallest absolute Gasteiger partial charge is 0.306 e. The Kier molecular flexibility index (Phi) is 50.9. The van der Waals surface area contributed by atoms with Gasteiger partial charge in [0.2, 0.25) is 0 Å². The predicted molar refractivity (Wildman–Crippen MR) is 232 cm³/mol. The number of carbonyl (C=O) groups excluding carboxylic acids is 4. The summed E-state index contributed by atoms with van der Waals surface area (Å²) in [5.41, 5.74) is -1.92. The van der Waals surface area contributed by atoms with E-state index in [0.29, 0.717) is 23.7 Å². The summed E-state index contributed by atoms with van der Waals surface area (Å²) < 4.78 is 20.9. The molecule has 0 radical (unpaired) electrons. The number of rotatable bonds is 26. The van der Waals surface area contributed by atoms with Gasteiger partial charge in [-0.3, -0.25) is 33.6 Å². The molecule has 56 heavy (non-hydrogen) atoms. The van der Waals surface area contributed by atoms with Gasteiger partial charge in [-0.2, -0.15) is 88.4 Å². The molecule has 17 nitrogen and oxygen atoms in total. The van der Waals surface area contributed by atoms with E-state index in [4.69, 9.17) is 49.6 Å². The molecular formula is C32H60O17S7. The van der Waals surface area contributed by atoms with E-state index >= 15 is 0 Å². The van der Waals surface area contributed by atoms with Crippen LogP contribution in [0.4, 0.5) is 0 Å². The molecule has 0 heterocycles. The fourth-order valence-corrected chi connectivity index (χ4v) is 3.91. The van der Waals surface area contributed by atoms with Crippen LogP contribution < -0.4 is 0 Å². The van der Waals surface area contributed by atoms with Crippen LogP contribution in [0.15, 0.2) is 0 Å². The van der Waals surface area contributed by atoms with Gasteiger partial charge in [-0.25, -0.2) is 0 Å². The molecule has 0 saturated carbocycles. The highest BCUT2D eigenvalue weighted by atomic mass is 32.1. The second-order valence-corrected chi connectivity index (χ2v) is 14.1. The second-order valence-electron chi connectivity index (χ2n) is 11.0. The van der Waals surface area contributed by atoms with Gasteiger partial charge in [0.05, 0.1) is 64.8 Å². The fourth-order valence-electron chi connectivity index (χ4n) is 2.61. The maximum absolute atomic E-state index is 11.8. The van der Waals surface area contributed by atoms with E-state index in [9.17, 15) is 33.6 Å². The van der Waals surface area contributed by atoms with Crippen molar-refractivity contribution in [1.82, 2.24) is 0 Å². The van der Waals surface area contributed by atoms with Crippen LogP contribution in [-0.2, 0) is 52.5 Å². The van der Waals surface area contributed by atoms with E-state index in [-0.39, 0.29) is 114 Å². The second kappa shape index (κ2) is 44.7. The summed E-state index contributed by atoms with van der Waals surface area (Å²) in [6.45, 7) is 0.227. The molecule has 0 atom stereocenters. The minimum absolute atomic E-state index is 0.0670. The lowest BCUT2D eigenvalue weighted by molar-refractivity contribution is -0.170. The average molecular weight is 941 g/mol. The number of aliphatic hydroxyl groups is 3. The summed E-state index contributed by atoms with van der Waals surface area (Å²) in [4.78, 5) is 75.8. The molecule has 0 rings (SSSR count). The molecule has 0 aliphatic heterocycles. The highest BCUT2D eigenvalue weighted by Crippen LogP contribution is 2.23. The van der Waals surface area contributed by atoms with Crippen molar-refractivity contribution in [3.05, 3.63) is 0 Å². The number of hydrogen-bond donors (Lipinski definition) is 13. The average Bonchev–Trinajstić information content (AvgIpc) is 3.14. The first-order valence-corrected chi connectivity index (χ1v) is 21.2. The number of aliphatic hydroxyl groups excluding tert-OH is 3. The molecule has 0 spiro atoms. The van der Waals surface area contributed by atoms with Crippen LogP contribution in [0, 0.1) is 10.8 Å². The molecular weight excluding hydrogens is 881 g/mol. The Hall–Kier alpha value is -1.38. The van der Waals surface area contributed by atoms with Gasteiger partial charge < -0.3 is 49.6 Å². The largest absolute Gasteiger partial charge is 0.481 e. The van der Waals surface area contributed by atoms with Gasteiger partial charge in [0.15, 0.2) is 0 Å². The standard InChI is InChI=1S/C17H28O8S4.C6H14O3.3C3H6O2S/c18-13(1-5-26)22-9-17(10-23-14(19)2-6-27,11-24-15(20)3-7-28)12-25-16(21)4-8-29;1-2-6(3-7,4-8)5-9;3*4-3(5)1-2-6/h26-29H,1-12H2;7-9H,2-5H2,1H3;3*6H,1-2H2,(H,4,5). The zero-order valence-corrected chi connectivity index (χ0v) is 37.6. The van der Waals surface area contributed by atoms with Crippen molar-refractivity contribution in [2.24, 2.45) is 10.8 Å². The summed E-state index contributed by atoms with van der Waals surface area (Å²) >= 11 is 26.9. The number of ether oxygens (including phenoxy) is 4. The van der Waals surface area contributed by atoms with Gasteiger partial charge in [-0.05, 0) is 6.42 Å². The lowest BCUT2D eigenvalue weighted by Gasteiger charge is -2.31. The first kappa shape index (κ1) is 63.8. The highest BCUT2D eigenvalue weighted by molar-refractivity contribution is 7.81. The topological polar surface area (TPSA) is 278 Å². The number of carbonyl (C=O) groups is 7. The van der Waals surface area contributed by atoms with Crippen LogP contribution in [0.25, 0.3) is 0 Å². The molecule has 0 aromatic rings. The summed E-state index contributed by atoms with van der Waals surface area (Å²) in [6.07, 6.45) is 1.33. The van der Waals surface area contributed by atoms with Gasteiger partial charge in [-0.15, -0.1) is 0 Å². The lowest BCUT2D eigenvalue weighted by Crippen LogP contribution is -2.44. The number of esters is 4. The van der Waals surface area contributed by atoms with Crippen molar-refractivity contribution in [1.29, 1.82) is 0 Å². The molecule has 0 unspecified atom stereocenters. The lowest BCUT2D eigenvalue weighted by atomic mass is 9.88. The zero-order valence-electron chi connectivity index (χ0n) is 31.4. The Labute approximate surface area is 367 Å². The van der Waals surface area contributed by atoms with Crippen molar-refractivity contribution in [2.45, 2.75) is 58.3 Å². The van der Waals surface area contributed by atoms with Crippen molar-refractivity contribution in [2.75, 3.05) is 86.5 Å². The number of carboxylic acid groups (broad SMARTS) is 3. The maximum Gasteiger partial charge on any atom is 0.306 e. The Balaban J connectivity index is -0.000000256. The summed E-state index contributed by atoms with van der Waals surface area (Å²) in [5.74, 6) is -2.06. The Bertz CT molecular complexity index is 903. The number of hydrogen-bond acceptors (Lipinski definition) is 21. The number of carboxylic acids is 3. The van der Waals surface area contributed by atoms with Crippen molar-refractivity contribution in [3.8, 4) is 0 Å². The fraction of sp³-hybridized carbons (Fsp3) is 0.781. The Morgan fingerprint density at radius 3 is 0.679 bits per heavy atom. The first-order chi connectivity index (χ1) is 26.4. The van der Waals surface area contributed by atoms with Crippen LogP contribution in [0.2, 0.25) is 0 Å². The van der Waals surface area contributed by atoms with Crippen molar-refractivity contribution >= 4 is 130 Å². The molecule has 0 aliphatic rings. The van der Waals surface area contributed by atoms with Gasteiger partial charge in [0.25, 0.3) is 0 Å². The van der Waals surface area contributed by atoms with Crippen LogP contribution >= 0.6 is 88.4 Å². The molecule has 0 aliphatic carbocycles. The van der Waals surface area contributed by atoms with E-state index in [0.717, 1.165) is 0 Å². The Morgan fingerprint density at radius 1 is 0.393 bits per heavy atom. The van der Waals surface area contributed by atoms with Crippen molar-refractivity contribution in [3.63, 3.8) is 0 Å². The summed E-state index contributed by atoms with van der Waals surface area (Å²) in [5, 5.41) is 49.6. The van der Waals surface area contributed by atoms with Crippen LogP contribution in [0.3, 0.4) is 0 Å². The molecule has 0 bridgehead atoms. The minimum atomic E-state index is -1.25. The minimum Gasteiger partial charge on any atom is -0.481 e. The summed E-state index contributed by atoms with van der Waals surface area (Å²) in [6, 6.07) is 0. The third-order valence-electron chi connectivity index (χ3n) is 6.15. The Morgan fingerprint density at radius 2 is 0.589 bits per heavy atom. The quantitative estimate of drug-likeness (QED) is 0.0336. The predicted octanol–water partition coefficient (Wildman–Crippen LogP) is 1.96. The van der Waals surface area contributed by atoms with Gasteiger partial charge >= 0.3 is 41.8 Å². The molecule has 332 valence electrons. The third kappa shape index (κ3) is 45.3. The van der Waals surface area contributed by atoms with Gasteiger partial charge in [0, 0.05) is 45.7 Å². The molecule has 0 aromatic carbocycles. The molecule has 0 amide bonds. The molecule has 0 aromatic heterocycles. The molecule has 0 fully saturated rings. The maximum atomic E-state index is 11.8. The molecule has 6 N–H and O–H groups in total. The van der Waals surface area contributed by atoms with Gasteiger partial charge in [0.1, 0.15) is 31.8 Å². The monoisotopic (exact) mass is 940 g/mol. The zero-order chi connectivity index (χ0) is 44.4. The number of aliphatic carboxylic acids is 3. The van der Waals surface area contributed by atoms with Crippen LogP contribution in [0.1, 0.15) is 58.3 Å². The van der Waals surface area contributed by atoms with E-state index in [2.05, 4.69) is 88.4 Å². The van der Waals surface area contributed by atoms with Crippen LogP contribution in [-0.4, -0.2) is 159 Å². The van der Waals surface area contributed by atoms with Crippen molar-refractivity contribution < 1.29 is 83.1 Å². The first-order valence-electron chi connectivity index (χ1n) is 16.7. The van der Waals surface area contributed by atoms with E-state index in [1.54, 1.807) is 0 Å². The van der Waals surface area contributed by atoms with E-state index in [1.807, 2.05) is 6.92 Å². The summed E-state index contributed by atoms with van der Waals surface area (Å²) in [7, 11) is 0. The molecule has 24 heteroatoms. The molecule has 0 saturated heterocycles. The third-order valence-corrected chi connectivity index (χ3v) is 7.72. The normalized spacial score (nSPS) is 10.2. The van der Waals surface area contributed by atoms with Gasteiger partial charge in [-0.1, -0.05) is 6.92 Å². The SMILES string of the molecule is CCC(CO)(CO)CO.O=C(CCS)OCC(COC(=O)CCS)(COC(=O)CCS)COC(=O)CCS.O=C(O)CCS.O=C(O)CCS.O=C(O)CCS. The van der Waals surface area contributed by atoms with E-state index < -0.39 is 52.6 Å². The van der Waals surface area contributed by atoms with Crippen LogP contribution in [0.5, 0.6) is 0 Å².